The Kier molecular flexibility index (Phi) is 3.18. The van der Waals surface area contributed by atoms with Crippen LogP contribution in [0.25, 0.3) is 0 Å². The highest BCUT2D eigenvalue weighted by Gasteiger charge is 2.18. The molecule has 0 radical (unpaired) electrons. The molecule has 92 valence electrons. The topological polar surface area (TPSA) is 84.2 Å². The zero-order chi connectivity index (χ0) is 12.5. The second-order valence-electron chi connectivity index (χ2n) is 3.38. The smallest absolute Gasteiger partial charge is 0.265 e. The van der Waals surface area contributed by atoms with Crippen LogP contribution < -0.4 is 4.72 Å². The van der Waals surface area contributed by atoms with Crippen molar-refractivity contribution in [1.82, 2.24) is 9.55 Å². The van der Waals surface area contributed by atoms with E-state index >= 15 is 0 Å². The molecule has 0 amide bonds. The molecule has 0 saturated heterocycles. The van der Waals surface area contributed by atoms with Crippen molar-refractivity contribution < 1.29 is 13.5 Å². The molecule has 2 heterocycles. The molecule has 17 heavy (non-hydrogen) atoms. The molecule has 0 fully saturated rings. The van der Waals surface area contributed by atoms with Crippen LogP contribution >= 0.6 is 11.3 Å². The monoisotopic (exact) mass is 273 g/mol. The zero-order valence-corrected chi connectivity index (χ0v) is 10.6. The van der Waals surface area contributed by atoms with Crippen molar-refractivity contribution in [3.8, 4) is 0 Å². The van der Waals surface area contributed by atoms with E-state index in [1.807, 2.05) is 0 Å². The van der Waals surface area contributed by atoms with Gasteiger partial charge >= 0.3 is 0 Å². The van der Waals surface area contributed by atoms with Crippen LogP contribution in [0.5, 0.6) is 0 Å². The van der Waals surface area contributed by atoms with Gasteiger partial charge in [0.05, 0.1) is 6.61 Å². The van der Waals surface area contributed by atoms with Gasteiger partial charge in [0, 0.05) is 30.5 Å². The number of anilines is 1. The van der Waals surface area contributed by atoms with Crippen LogP contribution in [0.1, 0.15) is 5.69 Å². The number of aliphatic hydroxyl groups is 1. The van der Waals surface area contributed by atoms with Gasteiger partial charge in [0.2, 0.25) is 0 Å². The van der Waals surface area contributed by atoms with Crippen LogP contribution in [0, 0.1) is 0 Å². The lowest BCUT2D eigenvalue weighted by molar-refractivity contribution is 0.272. The van der Waals surface area contributed by atoms with Crippen LogP contribution in [-0.4, -0.2) is 23.1 Å². The molecule has 0 saturated carbocycles. The van der Waals surface area contributed by atoms with E-state index in [0.29, 0.717) is 10.8 Å². The third kappa shape index (κ3) is 2.48. The van der Waals surface area contributed by atoms with Crippen LogP contribution in [0.15, 0.2) is 28.7 Å². The molecule has 2 aromatic heterocycles. The fourth-order valence-corrected chi connectivity index (χ4v) is 3.21. The molecule has 0 aliphatic rings. The number of hydrogen-bond donors (Lipinski definition) is 2. The van der Waals surface area contributed by atoms with Gasteiger partial charge in [-0.2, -0.15) is 0 Å². The summed E-state index contributed by atoms with van der Waals surface area (Å²) >= 11 is 1.20. The van der Waals surface area contributed by atoms with Crippen molar-refractivity contribution in [3.63, 3.8) is 0 Å². The van der Waals surface area contributed by atoms with E-state index in [1.54, 1.807) is 17.0 Å². The Labute approximate surface area is 103 Å². The van der Waals surface area contributed by atoms with Crippen molar-refractivity contribution in [2.24, 2.45) is 7.05 Å². The normalized spacial score (nSPS) is 11.6. The Balaban J connectivity index is 2.31. The van der Waals surface area contributed by atoms with Crippen LogP contribution in [0.2, 0.25) is 0 Å². The second-order valence-corrected chi connectivity index (χ2v) is 5.96. The number of aliphatic hydroxyl groups excluding tert-OH is 1. The van der Waals surface area contributed by atoms with Gasteiger partial charge in [-0.3, -0.25) is 4.72 Å². The number of aromatic nitrogens is 2. The maximum absolute atomic E-state index is 11.9. The minimum absolute atomic E-state index is 0.110. The molecular formula is C9H11N3O3S2. The predicted molar refractivity (Wildman–Crippen MR) is 64.3 cm³/mol. The number of aryl methyl sites for hydroxylation is 1. The zero-order valence-electron chi connectivity index (χ0n) is 8.99. The lowest BCUT2D eigenvalue weighted by Gasteiger charge is -2.01. The number of rotatable bonds is 4. The quantitative estimate of drug-likeness (QED) is 0.862. The average Bonchev–Trinajstić information content (AvgIpc) is 2.87. The molecule has 2 N–H and O–H groups in total. The molecule has 0 bridgehead atoms. The number of sulfonamides is 1. The lowest BCUT2D eigenvalue weighted by atomic mass is 10.5. The summed E-state index contributed by atoms with van der Waals surface area (Å²) in [5.41, 5.74) is 0.532. The fraction of sp³-hybridized carbons (Fsp3) is 0.222. The molecule has 0 aliphatic carbocycles. The van der Waals surface area contributed by atoms with Crippen molar-refractivity contribution in [2.45, 2.75) is 11.5 Å². The van der Waals surface area contributed by atoms with Crippen LogP contribution in [-0.2, 0) is 23.7 Å². The van der Waals surface area contributed by atoms with Crippen molar-refractivity contribution >= 4 is 26.5 Å². The van der Waals surface area contributed by atoms with Gasteiger partial charge in [0.15, 0.2) is 5.13 Å². The van der Waals surface area contributed by atoms with E-state index in [2.05, 4.69) is 9.71 Å². The SMILES string of the molecule is Cn1cc(S(=O)(=O)Nc2nccs2)cc1CO. The summed E-state index contributed by atoms with van der Waals surface area (Å²) in [6, 6.07) is 1.43. The standard InChI is InChI=1S/C9H11N3O3S2/c1-12-5-8(4-7(12)6-13)17(14,15)11-9-10-2-3-16-9/h2-5,13H,6H2,1H3,(H,10,11). The molecule has 0 aliphatic heterocycles. The summed E-state index contributed by atoms with van der Waals surface area (Å²) < 4.78 is 27.8. The molecule has 0 aromatic carbocycles. The first kappa shape index (κ1) is 12.1. The van der Waals surface area contributed by atoms with Gasteiger partial charge in [0.25, 0.3) is 10.0 Å². The molecule has 0 spiro atoms. The molecular weight excluding hydrogens is 262 g/mol. The maximum atomic E-state index is 11.9. The minimum atomic E-state index is -3.63. The van der Waals surface area contributed by atoms with Crippen LogP contribution in [0.3, 0.4) is 0 Å². The first-order chi connectivity index (χ1) is 8.03. The molecule has 2 rings (SSSR count). The van der Waals surface area contributed by atoms with Crippen molar-refractivity contribution in [3.05, 3.63) is 29.5 Å². The van der Waals surface area contributed by atoms with E-state index < -0.39 is 10.0 Å². The minimum Gasteiger partial charge on any atom is -0.390 e. The van der Waals surface area contributed by atoms with Gasteiger partial charge in [-0.25, -0.2) is 13.4 Å². The number of nitrogens with one attached hydrogen (secondary N) is 1. The molecule has 2 aromatic rings. The summed E-state index contributed by atoms with van der Waals surface area (Å²) in [6.45, 7) is -0.205. The van der Waals surface area contributed by atoms with Gasteiger partial charge in [-0.05, 0) is 6.07 Å². The Morgan fingerprint density at radius 3 is 2.88 bits per heavy atom. The van der Waals surface area contributed by atoms with E-state index in [1.165, 1.54) is 29.8 Å². The van der Waals surface area contributed by atoms with Crippen molar-refractivity contribution in [2.75, 3.05) is 4.72 Å². The van der Waals surface area contributed by atoms with Crippen LogP contribution in [0.4, 0.5) is 5.13 Å². The number of thiazole rings is 1. The Hall–Kier alpha value is -1.38. The lowest BCUT2D eigenvalue weighted by Crippen LogP contribution is -2.11. The predicted octanol–water partition coefficient (Wildman–Crippen LogP) is 0.775. The average molecular weight is 273 g/mol. The molecule has 0 unspecified atom stereocenters. The molecule has 0 atom stereocenters. The highest BCUT2D eigenvalue weighted by atomic mass is 32.2. The third-order valence-corrected chi connectivity index (χ3v) is 4.33. The van der Waals surface area contributed by atoms with Gasteiger partial charge < -0.3 is 9.67 Å². The second kappa shape index (κ2) is 4.47. The summed E-state index contributed by atoms with van der Waals surface area (Å²) in [7, 11) is -1.95. The first-order valence-electron chi connectivity index (χ1n) is 4.71. The summed E-state index contributed by atoms with van der Waals surface area (Å²) in [6.07, 6.45) is 2.97. The third-order valence-electron chi connectivity index (χ3n) is 2.21. The van der Waals surface area contributed by atoms with E-state index in [0.717, 1.165) is 0 Å². The van der Waals surface area contributed by atoms with E-state index in [4.69, 9.17) is 5.11 Å². The maximum Gasteiger partial charge on any atom is 0.265 e. The highest BCUT2D eigenvalue weighted by Crippen LogP contribution is 2.19. The Morgan fingerprint density at radius 2 is 2.35 bits per heavy atom. The van der Waals surface area contributed by atoms with Gasteiger partial charge in [0.1, 0.15) is 4.90 Å². The van der Waals surface area contributed by atoms with E-state index in [9.17, 15) is 8.42 Å². The van der Waals surface area contributed by atoms with Gasteiger partial charge in [-0.15, -0.1) is 11.3 Å². The highest BCUT2D eigenvalue weighted by molar-refractivity contribution is 7.93. The fourth-order valence-electron chi connectivity index (χ4n) is 1.33. The summed E-state index contributed by atoms with van der Waals surface area (Å²) in [5.74, 6) is 0. The number of hydrogen-bond acceptors (Lipinski definition) is 5. The molecule has 6 nitrogen and oxygen atoms in total. The largest absolute Gasteiger partial charge is 0.390 e. The van der Waals surface area contributed by atoms with E-state index in [-0.39, 0.29) is 11.5 Å². The Bertz CT molecular complexity index is 601. The number of nitrogens with zero attached hydrogens (tertiary/aromatic N) is 2. The first-order valence-corrected chi connectivity index (χ1v) is 7.07. The van der Waals surface area contributed by atoms with Crippen molar-refractivity contribution in [1.29, 1.82) is 0 Å². The molecule has 8 heteroatoms. The summed E-state index contributed by atoms with van der Waals surface area (Å²) in [4.78, 5) is 3.96. The Morgan fingerprint density at radius 1 is 1.59 bits per heavy atom. The van der Waals surface area contributed by atoms with Gasteiger partial charge in [-0.1, -0.05) is 0 Å². The summed E-state index contributed by atoms with van der Waals surface area (Å²) in [5, 5.41) is 11.0.